The van der Waals surface area contributed by atoms with Crippen molar-refractivity contribution >= 4 is 11.9 Å². The van der Waals surface area contributed by atoms with E-state index in [1.54, 1.807) is 38.3 Å². The number of anilines is 1. The molecule has 6 nitrogen and oxygen atoms in total. The zero-order valence-electron chi connectivity index (χ0n) is 15.7. The monoisotopic (exact) mass is 380 g/mol. The quantitative estimate of drug-likeness (QED) is 0.656. The number of para-hydroxylation sites is 1. The molecule has 0 saturated carbocycles. The van der Waals surface area contributed by atoms with Crippen LogP contribution < -0.4 is 15.4 Å². The fraction of sp³-hybridized carbons (Fsp3) is 0.190. The molecule has 0 aliphatic carbocycles. The van der Waals surface area contributed by atoms with Crippen LogP contribution >= 0.6 is 0 Å². The number of benzene rings is 2. The van der Waals surface area contributed by atoms with Gasteiger partial charge in [0.15, 0.2) is 0 Å². The van der Waals surface area contributed by atoms with Crippen LogP contribution in [0.3, 0.4) is 0 Å². The van der Waals surface area contributed by atoms with Gasteiger partial charge in [0.2, 0.25) is 5.95 Å². The summed E-state index contributed by atoms with van der Waals surface area (Å²) in [6.07, 6.45) is 0. The van der Waals surface area contributed by atoms with Crippen molar-refractivity contribution in [2.45, 2.75) is 20.0 Å². The smallest absolute Gasteiger partial charge is 0.270 e. The second-order valence-electron chi connectivity index (χ2n) is 6.16. The van der Waals surface area contributed by atoms with Crippen LogP contribution in [0, 0.1) is 12.7 Å². The molecule has 1 amide bonds. The molecule has 0 atom stereocenters. The highest BCUT2D eigenvalue weighted by molar-refractivity contribution is 5.92. The Morgan fingerprint density at radius 1 is 1.04 bits per heavy atom. The van der Waals surface area contributed by atoms with E-state index in [0.29, 0.717) is 23.8 Å². The molecule has 2 aromatic carbocycles. The van der Waals surface area contributed by atoms with E-state index in [1.165, 1.54) is 6.07 Å². The van der Waals surface area contributed by atoms with Gasteiger partial charge in [-0.25, -0.2) is 14.4 Å². The minimum absolute atomic E-state index is 0.0819. The van der Waals surface area contributed by atoms with Gasteiger partial charge < -0.3 is 15.4 Å². The lowest BCUT2D eigenvalue weighted by molar-refractivity contribution is 0.0945. The molecule has 3 rings (SSSR count). The molecule has 0 bridgehead atoms. The molecule has 3 aromatic rings. The molecule has 0 fully saturated rings. The first-order valence-electron chi connectivity index (χ1n) is 8.80. The van der Waals surface area contributed by atoms with E-state index in [0.717, 1.165) is 11.3 Å². The van der Waals surface area contributed by atoms with Crippen LogP contribution in [0.2, 0.25) is 0 Å². The van der Waals surface area contributed by atoms with E-state index in [9.17, 15) is 9.18 Å². The zero-order valence-corrected chi connectivity index (χ0v) is 15.7. The highest BCUT2D eigenvalue weighted by atomic mass is 19.1. The van der Waals surface area contributed by atoms with Gasteiger partial charge in [-0.2, -0.15) is 0 Å². The molecule has 0 spiro atoms. The third-order valence-electron chi connectivity index (χ3n) is 4.11. The fourth-order valence-electron chi connectivity index (χ4n) is 2.70. The van der Waals surface area contributed by atoms with Crippen LogP contribution in [-0.4, -0.2) is 23.0 Å². The second-order valence-corrected chi connectivity index (χ2v) is 6.16. The van der Waals surface area contributed by atoms with Crippen molar-refractivity contribution in [2.24, 2.45) is 0 Å². The van der Waals surface area contributed by atoms with E-state index in [4.69, 9.17) is 4.74 Å². The van der Waals surface area contributed by atoms with Crippen molar-refractivity contribution in [3.63, 3.8) is 0 Å². The molecule has 0 aliphatic heterocycles. The summed E-state index contributed by atoms with van der Waals surface area (Å²) >= 11 is 0. The average molecular weight is 380 g/mol. The Kier molecular flexibility index (Phi) is 6.16. The van der Waals surface area contributed by atoms with E-state index in [1.807, 2.05) is 24.3 Å². The summed E-state index contributed by atoms with van der Waals surface area (Å²) in [7, 11) is 1.61. The van der Waals surface area contributed by atoms with Crippen molar-refractivity contribution in [3.8, 4) is 5.75 Å². The molecule has 7 heteroatoms. The summed E-state index contributed by atoms with van der Waals surface area (Å²) in [5.41, 5.74) is 2.22. The Morgan fingerprint density at radius 3 is 2.50 bits per heavy atom. The first-order chi connectivity index (χ1) is 13.6. The lowest BCUT2D eigenvalue weighted by Gasteiger charge is -2.11. The molecule has 0 saturated heterocycles. The van der Waals surface area contributed by atoms with Crippen molar-refractivity contribution in [3.05, 3.63) is 82.9 Å². The predicted octanol–water partition coefficient (Wildman–Crippen LogP) is 3.47. The SMILES string of the molecule is COc1ccccc1CNc1nc(C)cc(C(=O)NCc2ccccc2F)n1. The number of hydrogen-bond acceptors (Lipinski definition) is 5. The van der Waals surface area contributed by atoms with E-state index < -0.39 is 5.91 Å². The van der Waals surface area contributed by atoms with Gasteiger partial charge >= 0.3 is 0 Å². The highest BCUT2D eigenvalue weighted by Gasteiger charge is 2.12. The van der Waals surface area contributed by atoms with Gasteiger partial charge in [0, 0.05) is 29.9 Å². The number of carbonyl (C=O) groups excluding carboxylic acids is 1. The van der Waals surface area contributed by atoms with Gasteiger partial charge in [-0.1, -0.05) is 36.4 Å². The summed E-state index contributed by atoms with van der Waals surface area (Å²) in [5.74, 6) is 0.336. The summed E-state index contributed by atoms with van der Waals surface area (Å²) < 4.78 is 19.0. The first kappa shape index (κ1) is 19.3. The number of aromatic nitrogens is 2. The molecule has 0 unspecified atom stereocenters. The highest BCUT2D eigenvalue weighted by Crippen LogP contribution is 2.18. The number of ether oxygens (including phenoxy) is 1. The summed E-state index contributed by atoms with van der Waals surface area (Å²) in [4.78, 5) is 21.0. The fourth-order valence-corrected chi connectivity index (χ4v) is 2.70. The molecule has 0 aliphatic rings. The lowest BCUT2D eigenvalue weighted by Crippen LogP contribution is -2.25. The van der Waals surface area contributed by atoms with Gasteiger partial charge in [-0.05, 0) is 25.1 Å². The molecular formula is C21H21FN4O2. The Hall–Kier alpha value is -3.48. The number of methoxy groups -OCH3 is 1. The third kappa shape index (κ3) is 4.82. The number of nitrogens with one attached hydrogen (secondary N) is 2. The van der Waals surface area contributed by atoms with Crippen molar-refractivity contribution in [1.29, 1.82) is 0 Å². The van der Waals surface area contributed by atoms with Gasteiger partial charge in [0.1, 0.15) is 17.3 Å². The normalized spacial score (nSPS) is 10.4. The predicted molar refractivity (Wildman–Crippen MR) is 105 cm³/mol. The van der Waals surface area contributed by atoms with Gasteiger partial charge in [0.25, 0.3) is 5.91 Å². The third-order valence-corrected chi connectivity index (χ3v) is 4.11. The molecule has 144 valence electrons. The van der Waals surface area contributed by atoms with Crippen molar-refractivity contribution < 1.29 is 13.9 Å². The number of amides is 1. The number of carbonyl (C=O) groups is 1. The summed E-state index contributed by atoms with van der Waals surface area (Å²) in [5, 5.41) is 5.80. The largest absolute Gasteiger partial charge is 0.496 e. The average Bonchev–Trinajstić information content (AvgIpc) is 2.71. The Morgan fingerprint density at radius 2 is 1.75 bits per heavy atom. The number of nitrogens with zero attached hydrogens (tertiary/aromatic N) is 2. The maximum absolute atomic E-state index is 13.7. The maximum Gasteiger partial charge on any atom is 0.270 e. The van der Waals surface area contributed by atoms with Crippen LogP contribution in [-0.2, 0) is 13.1 Å². The van der Waals surface area contributed by atoms with Crippen LogP contribution in [0.15, 0.2) is 54.6 Å². The second kappa shape index (κ2) is 8.94. The number of halogens is 1. The molecule has 28 heavy (non-hydrogen) atoms. The van der Waals surface area contributed by atoms with Crippen LogP contribution in [0.25, 0.3) is 0 Å². The standard InChI is InChI=1S/C21H21FN4O2/c1-14-11-18(20(27)23-12-15-7-3-5-9-17(15)22)26-21(25-14)24-13-16-8-4-6-10-19(16)28-2/h3-11H,12-13H2,1-2H3,(H,23,27)(H,24,25,26). The van der Waals surface area contributed by atoms with Gasteiger partial charge in [-0.3, -0.25) is 4.79 Å². The molecule has 1 aromatic heterocycles. The molecule has 0 radical (unpaired) electrons. The molecular weight excluding hydrogens is 359 g/mol. The number of hydrogen-bond donors (Lipinski definition) is 2. The maximum atomic E-state index is 13.7. The van der Waals surface area contributed by atoms with E-state index in [2.05, 4.69) is 20.6 Å². The summed E-state index contributed by atoms with van der Waals surface area (Å²) in [6.45, 7) is 2.31. The van der Waals surface area contributed by atoms with Crippen LogP contribution in [0.5, 0.6) is 5.75 Å². The van der Waals surface area contributed by atoms with Crippen LogP contribution in [0.1, 0.15) is 27.3 Å². The number of aryl methyl sites for hydroxylation is 1. The van der Waals surface area contributed by atoms with Gasteiger partial charge in [-0.15, -0.1) is 0 Å². The Labute approximate surface area is 162 Å². The minimum Gasteiger partial charge on any atom is -0.496 e. The van der Waals surface area contributed by atoms with Crippen LogP contribution in [0.4, 0.5) is 10.3 Å². The van der Waals surface area contributed by atoms with Gasteiger partial charge in [0.05, 0.1) is 7.11 Å². The number of rotatable bonds is 7. The zero-order chi connectivity index (χ0) is 19.9. The molecule has 2 N–H and O–H groups in total. The first-order valence-corrected chi connectivity index (χ1v) is 8.80. The van der Waals surface area contributed by atoms with E-state index >= 15 is 0 Å². The van der Waals surface area contributed by atoms with Crippen molar-refractivity contribution in [1.82, 2.24) is 15.3 Å². The van der Waals surface area contributed by atoms with Crippen molar-refractivity contribution in [2.75, 3.05) is 12.4 Å². The summed E-state index contributed by atoms with van der Waals surface area (Å²) in [6, 6.07) is 15.5. The Bertz CT molecular complexity index is 978. The lowest BCUT2D eigenvalue weighted by atomic mass is 10.2. The minimum atomic E-state index is -0.394. The Balaban J connectivity index is 1.68. The molecule has 1 heterocycles. The topological polar surface area (TPSA) is 76.1 Å². The van der Waals surface area contributed by atoms with E-state index in [-0.39, 0.29) is 18.1 Å².